The quantitative estimate of drug-likeness (QED) is 0.890. The number of carbonyl (C=O) groups excluding carboxylic acids is 1. The second-order valence-corrected chi connectivity index (χ2v) is 7.52. The number of hydrogen-bond donors (Lipinski definition) is 1. The summed E-state index contributed by atoms with van der Waals surface area (Å²) in [4.78, 5) is 14.8. The first-order chi connectivity index (χ1) is 11.5. The summed E-state index contributed by atoms with van der Waals surface area (Å²) in [5, 5.41) is 3.01. The van der Waals surface area contributed by atoms with Gasteiger partial charge in [0.05, 0.1) is 19.1 Å². The van der Waals surface area contributed by atoms with Crippen LogP contribution in [-0.2, 0) is 12.8 Å². The fourth-order valence-corrected chi connectivity index (χ4v) is 4.22. The van der Waals surface area contributed by atoms with Crippen molar-refractivity contribution in [2.24, 2.45) is 5.92 Å². The van der Waals surface area contributed by atoms with E-state index in [1.807, 2.05) is 19.1 Å². The Bertz CT molecular complexity index is 766. The number of benzene rings is 1. The van der Waals surface area contributed by atoms with Crippen molar-refractivity contribution in [1.82, 2.24) is 0 Å². The summed E-state index contributed by atoms with van der Waals surface area (Å²) in [5.74, 6) is 1.92. The molecule has 4 nitrogen and oxygen atoms in total. The standard InChI is InChI=1S/C19H23NO3S/c1-11-5-6-17-13(7-11)9-18(24-17)19(21)20-14-10-16(23-4)15(22-3)8-12(14)2/h8-11H,5-7H2,1-4H3,(H,20,21). The van der Waals surface area contributed by atoms with Crippen LogP contribution in [0.2, 0.25) is 0 Å². The number of ether oxygens (including phenoxy) is 2. The molecule has 1 aromatic carbocycles. The molecule has 1 heterocycles. The molecule has 3 rings (SSSR count). The smallest absolute Gasteiger partial charge is 0.265 e. The Morgan fingerprint density at radius 3 is 2.62 bits per heavy atom. The number of fused-ring (bicyclic) bond motifs is 1. The summed E-state index contributed by atoms with van der Waals surface area (Å²) in [6.45, 7) is 4.21. The van der Waals surface area contributed by atoms with E-state index in [2.05, 4.69) is 18.3 Å². The number of rotatable bonds is 4. The minimum atomic E-state index is -0.0580. The summed E-state index contributed by atoms with van der Waals surface area (Å²) >= 11 is 1.62. The highest BCUT2D eigenvalue weighted by Crippen LogP contribution is 2.35. The number of amides is 1. The Kier molecular flexibility index (Phi) is 4.81. The van der Waals surface area contributed by atoms with E-state index in [1.54, 1.807) is 25.6 Å². The zero-order valence-electron chi connectivity index (χ0n) is 14.6. The number of thiophene rings is 1. The summed E-state index contributed by atoms with van der Waals surface area (Å²) in [5.41, 5.74) is 3.03. The SMILES string of the molecule is COc1cc(C)c(NC(=O)c2cc3c(s2)CCC(C)C3)cc1OC. The maximum absolute atomic E-state index is 12.6. The van der Waals surface area contributed by atoms with Crippen molar-refractivity contribution in [2.75, 3.05) is 19.5 Å². The van der Waals surface area contributed by atoms with E-state index < -0.39 is 0 Å². The van der Waals surface area contributed by atoms with Crippen LogP contribution in [0.1, 0.15) is 39.0 Å². The van der Waals surface area contributed by atoms with Crippen LogP contribution in [0.15, 0.2) is 18.2 Å². The van der Waals surface area contributed by atoms with E-state index in [0.29, 0.717) is 17.4 Å². The fraction of sp³-hybridized carbons (Fsp3) is 0.421. The molecule has 128 valence electrons. The first kappa shape index (κ1) is 16.8. The molecule has 1 N–H and O–H groups in total. The molecule has 0 spiro atoms. The summed E-state index contributed by atoms with van der Waals surface area (Å²) in [6.07, 6.45) is 3.38. The van der Waals surface area contributed by atoms with Gasteiger partial charge in [0, 0.05) is 16.6 Å². The van der Waals surface area contributed by atoms with Gasteiger partial charge in [-0.3, -0.25) is 4.79 Å². The number of nitrogens with one attached hydrogen (secondary N) is 1. The lowest BCUT2D eigenvalue weighted by Gasteiger charge is -2.16. The van der Waals surface area contributed by atoms with E-state index in [1.165, 1.54) is 16.9 Å². The average molecular weight is 345 g/mol. The lowest BCUT2D eigenvalue weighted by atomic mass is 9.90. The number of aryl methyl sites for hydroxylation is 2. The van der Waals surface area contributed by atoms with Gasteiger partial charge in [-0.05, 0) is 55.4 Å². The van der Waals surface area contributed by atoms with Gasteiger partial charge in [0.2, 0.25) is 0 Å². The van der Waals surface area contributed by atoms with Crippen LogP contribution >= 0.6 is 11.3 Å². The van der Waals surface area contributed by atoms with Crippen molar-refractivity contribution in [3.63, 3.8) is 0 Å². The van der Waals surface area contributed by atoms with Crippen molar-refractivity contribution in [1.29, 1.82) is 0 Å². The molecule has 1 aliphatic carbocycles. The highest BCUT2D eigenvalue weighted by Gasteiger charge is 2.21. The minimum Gasteiger partial charge on any atom is -0.493 e. The van der Waals surface area contributed by atoms with Crippen molar-refractivity contribution < 1.29 is 14.3 Å². The molecular weight excluding hydrogens is 322 g/mol. The third kappa shape index (κ3) is 3.26. The van der Waals surface area contributed by atoms with Gasteiger partial charge < -0.3 is 14.8 Å². The molecule has 0 saturated carbocycles. The Hall–Kier alpha value is -2.01. The van der Waals surface area contributed by atoms with E-state index in [-0.39, 0.29) is 5.91 Å². The molecule has 0 radical (unpaired) electrons. The second kappa shape index (κ2) is 6.85. The Morgan fingerprint density at radius 2 is 1.92 bits per heavy atom. The number of methoxy groups -OCH3 is 2. The van der Waals surface area contributed by atoms with Gasteiger partial charge in [0.15, 0.2) is 11.5 Å². The van der Waals surface area contributed by atoms with Crippen molar-refractivity contribution in [3.8, 4) is 11.5 Å². The zero-order valence-corrected chi connectivity index (χ0v) is 15.4. The monoisotopic (exact) mass is 345 g/mol. The van der Waals surface area contributed by atoms with Crippen LogP contribution in [0.25, 0.3) is 0 Å². The van der Waals surface area contributed by atoms with Gasteiger partial charge in [-0.1, -0.05) is 6.92 Å². The third-order valence-corrected chi connectivity index (χ3v) is 5.77. The van der Waals surface area contributed by atoms with E-state index >= 15 is 0 Å². The van der Waals surface area contributed by atoms with E-state index in [9.17, 15) is 4.79 Å². The van der Waals surface area contributed by atoms with Gasteiger partial charge in [-0.25, -0.2) is 0 Å². The molecule has 0 bridgehead atoms. The number of anilines is 1. The van der Waals surface area contributed by atoms with Crippen LogP contribution in [0.3, 0.4) is 0 Å². The molecule has 5 heteroatoms. The third-order valence-electron chi connectivity index (χ3n) is 4.53. The maximum Gasteiger partial charge on any atom is 0.265 e. The highest BCUT2D eigenvalue weighted by atomic mass is 32.1. The first-order valence-electron chi connectivity index (χ1n) is 8.17. The average Bonchev–Trinajstić information content (AvgIpc) is 2.99. The van der Waals surface area contributed by atoms with Crippen LogP contribution in [0, 0.1) is 12.8 Å². The molecule has 2 aromatic rings. The molecule has 1 unspecified atom stereocenters. The molecule has 1 aliphatic rings. The highest BCUT2D eigenvalue weighted by molar-refractivity contribution is 7.14. The topological polar surface area (TPSA) is 47.6 Å². The lowest BCUT2D eigenvalue weighted by molar-refractivity contribution is 0.103. The minimum absolute atomic E-state index is 0.0580. The van der Waals surface area contributed by atoms with Crippen LogP contribution < -0.4 is 14.8 Å². The molecule has 0 aliphatic heterocycles. The van der Waals surface area contributed by atoms with Crippen molar-refractivity contribution in [2.45, 2.75) is 33.1 Å². The first-order valence-corrected chi connectivity index (χ1v) is 8.99. The molecule has 0 fully saturated rings. The van der Waals surface area contributed by atoms with Gasteiger partial charge in [0.25, 0.3) is 5.91 Å². The predicted octanol–water partition coefficient (Wildman–Crippen LogP) is 4.45. The summed E-state index contributed by atoms with van der Waals surface area (Å²) < 4.78 is 10.6. The second-order valence-electron chi connectivity index (χ2n) is 6.38. The Morgan fingerprint density at radius 1 is 1.21 bits per heavy atom. The van der Waals surface area contributed by atoms with Gasteiger partial charge in [-0.15, -0.1) is 11.3 Å². The zero-order chi connectivity index (χ0) is 17.3. The summed E-state index contributed by atoms with van der Waals surface area (Å²) in [7, 11) is 3.19. The fourth-order valence-electron chi connectivity index (χ4n) is 3.12. The number of hydrogen-bond acceptors (Lipinski definition) is 4. The molecule has 24 heavy (non-hydrogen) atoms. The van der Waals surface area contributed by atoms with Gasteiger partial charge >= 0.3 is 0 Å². The lowest BCUT2D eigenvalue weighted by Crippen LogP contribution is -2.11. The molecule has 0 saturated heterocycles. The largest absolute Gasteiger partial charge is 0.493 e. The van der Waals surface area contributed by atoms with E-state index in [4.69, 9.17) is 9.47 Å². The number of carbonyl (C=O) groups is 1. The molecular formula is C19H23NO3S. The molecule has 1 aromatic heterocycles. The maximum atomic E-state index is 12.6. The molecule has 1 atom stereocenters. The van der Waals surface area contributed by atoms with Crippen molar-refractivity contribution >= 4 is 22.9 Å². The molecule has 1 amide bonds. The Balaban J connectivity index is 1.82. The van der Waals surface area contributed by atoms with Crippen LogP contribution in [0.4, 0.5) is 5.69 Å². The summed E-state index contributed by atoms with van der Waals surface area (Å²) in [6, 6.07) is 5.73. The van der Waals surface area contributed by atoms with Crippen LogP contribution in [0.5, 0.6) is 11.5 Å². The van der Waals surface area contributed by atoms with Crippen molar-refractivity contribution in [3.05, 3.63) is 39.1 Å². The Labute approximate surface area is 146 Å². The van der Waals surface area contributed by atoms with Crippen LogP contribution in [-0.4, -0.2) is 20.1 Å². The predicted molar refractivity (Wildman–Crippen MR) is 97.7 cm³/mol. The van der Waals surface area contributed by atoms with Gasteiger partial charge in [-0.2, -0.15) is 0 Å². The normalized spacial score (nSPS) is 16.4. The van der Waals surface area contributed by atoms with Gasteiger partial charge in [0.1, 0.15) is 0 Å². The van der Waals surface area contributed by atoms with E-state index in [0.717, 1.165) is 29.0 Å².